The summed E-state index contributed by atoms with van der Waals surface area (Å²) in [6.45, 7) is 11.8. The molecular formula is C16H19NOS. The van der Waals surface area contributed by atoms with Crippen molar-refractivity contribution >= 4 is 16.9 Å². The average molecular weight is 273 g/mol. The van der Waals surface area contributed by atoms with Crippen LogP contribution in [0.2, 0.25) is 0 Å². The van der Waals surface area contributed by atoms with Gasteiger partial charge in [-0.25, -0.2) is 0 Å². The van der Waals surface area contributed by atoms with Crippen molar-refractivity contribution in [2.75, 3.05) is 0 Å². The molecule has 100 valence electrons. The van der Waals surface area contributed by atoms with Gasteiger partial charge in [0.05, 0.1) is 0 Å². The van der Waals surface area contributed by atoms with Crippen molar-refractivity contribution in [3.8, 4) is 0 Å². The molecule has 0 bridgehead atoms. The minimum absolute atomic E-state index is 0.00401. The molecule has 0 aliphatic rings. The zero-order valence-electron chi connectivity index (χ0n) is 11.5. The molecule has 1 aromatic rings. The summed E-state index contributed by atoms with van der Waals surface area (Å²) in [6, 6.07) is 3.53. The number of pyridine rings is 1. The molecule has 0 aliphatic heterocycles. The third kappa shape index (κ3) is 4.87. The highest BCUT2D eigenvalue weighted by atomic mass is 32.2. The van der Waals surface area contributed by atoms with Gasteiger partial charge in [0, 0.05) is 22.9 Å². The smallest absolute Gasteiger partial charge is 0.225 e. The van der Waals surface area contributed by atoms with Crippen LogP contribution in [0.15, 0.2) is 59.8 Å². The third-order valence-electron chi connectivity index (χ3n) is 2.58. The summed E-state index contributed by atoms with van der Waals surface area (Å²) in [5.74, 6) is 0. The van der Waals surface area contributed by atoms with Crippen LogP contribution in [0, 0.1) is 0 Å². The molecule has 1 aromatic heterocycles. The summed E-state index contributed by atoms with van der Waals surface area (Å²) in [5.41, 5.74) is 2.90. The third-order valence-corrected chi connectivity index (χ3v) is 3.67. The number of carbonyl (C=O) groups is 1. The van der Waals surface area contributed by atoms with Gasteiger partial charge in [-0.2, -0.15) is 0 Å². The molecule has 0 unspecified atom stereocenters. The Morgan fingerprint density at radius 1 is 1.53 bits per heavy atom. The lowest BCUT2D eigenvalue weighted by Gasteiger charge is -2.10. The molecule has 2 nitrogen and oxygen atoms in total. The lowest BCUT2D eigenvalue weighted by Crippen LogP contribution is -1.96. The van der Waals surface area contributed by atoms with Crippen LogP contribution in [-0.4, -0.2) is 10.1 Å². The first-order valence-corrected chi connectivity index (χ1v) is 7.01. The summed E-state index contributed by atoms with van der Waals surface area (Å²) in [7, 11) is 0. The summed E-state index contributed by atoms with van der Waals surface area (Å²) >= 11 is 1.21. The lowest BCUT2D eigenvalue weighted by molar-refractivity contribution is 0.108. The standard InChI is InChI=1S/C16H19NOS/c1-5-13(10-12(3)4)15(6-2)19-16(18)14-8-7-9-17-11-14/h6-9,11H,2-3,5,10H2,1,4H3/b15-13-. The fourth-order valence-electron chi connectivity index (χ4n) is 1.65. The molecular weight excluding hydrogens is 254 g/mol. The van der Waals surface area contributed by atoms with Gasteiger partial charge >= 0.3 is 0 Å². The maximum Gasteiger partial charge on any atom is 0.225 e. The van der Waals surface area contributed by atoms with Gasteiger partial charge in [-0.3, -0.25) is 9.78 Å². The minimum Gasteiger partial charge on any atom is -0.281 e. The highest BCUT2D eigenvalue weighted by Gasteiger charge is 2.11. The zero-order chi connectivity index (χ0) is 14.3. The molecule has 0 fully saturated rings. The van der Waals surface area contributed by atoms with E-state index < -0.39 is 0 Å². The first kappa shape index (κ1) is 15.4. The van der Waals surface area contributed by atoms with E-state index in [0.29, 0.717) is 5.56 Å². The Balaban J connectivity index is 2.92. The van der Waals surface area contributed by atoms with E-state index >= 15 is 0 Å². The number of rotatable bonds is 6. The maximum atomic E-state index is 12.1. The monoisotopic (exact) mass is 273 g/mol. The van der Waals surface area contributed by atoms with Gasteiger partial charge in [0.2, 0.25) is 5.12 Å². The topological polar surface area (TPSA) is 30.0 Å². The van der Waals surface area contributed by atoms with Gasteiger partial charge in [-0.05, 0) is 43.7 Å². The van der Waals surface area contributed by atoms with Crippen molar-refractivity contribution < 1.29 is 4.79 Å². The molecule has 0 spiro atoms. The first-order valence-electron chi connectivity index (χ1n) is 6.19. The van der Waals surface area contributed by atoms with E-state index in [9.17, 15) is 4.79 Å². The van der Waals surface area contributed by atoms with Crippen molar-refractivity contribution in [1.29, 1.82) is 0 Å². The number of thioether (sulfide) groups is 1. The molecule has 0 saturated heterocycles. The van der Waals surface area contributed by atoms with Crippen LogP contribution in [0.4, 0.5) is 0 Å². The molecule has 0 saturated carbocycles. The number of hydrogen-bond acceptors (Lipinski definition) is 3. The van der Waals surface area contributed by atoms with E-state index in [2.05, 4.69) is 25.1 Å². The summed E-state index contributed by atoms with van der Waals surface area (Å²) < 4.78 is 0. The largest absolute Gasteiger partial charge is 0.281 e. The van der Waals surface area contributed by atoms with Crippen LogP contribution in [0.25, 0.3) is 0 Å². The average Bonchev–Trinajstić information content (AvgIpc) is 2.43. The molecule has 3 heteroatoms. The second kappa shape index (κ2) is 7.74. The van der Waals surface area contributed by atoms with E-state index in [0.717, 1.165) is 23.3 Å². The van der Waals surface area contributed by atoms with Crippen LogP contribution in [0.1, 0.15) is 37.0 Å². The Morgan fingerprint density at radius 3 is 2.74 bits per heavy atom. The number of aromatic nitrogens is 1. The number of nitrogens with zero attached hydrogens (tertiary/aromatic N) is 1. The van der Waals surface area contributed by atoms with Gasteiger partial charge < -0.3 is 0 Å². The maximum absolute atomic E-state index is 12.1. The highest BCUT2D eigenvalue weighted by molar-refractivity contribution is 8.17. The normalized spacial score (nSPS) is 11.7. The van der Waals surface area contributed by atoms with Crippen LogP contribution in [0.5, 0.6) is 0 Å². The second-order valence-corrected chi connectivity index (χ2v) is 5.31. The molecule has 1 heterocycles. The molecule has 0 radical (unpaired) electrons. The van der Waals surface area contributed by atoms with Gasteiger partial charge in [0.1, 0.15) is 0 Å². The fourth-order valence-corrected chi connectivity index (χ4v) is 2.53. The van der Waals surface area contributed by atoms with Crippen LogP contribution in [-0.2, 0) is 0 Å². The van der Waals surface area contributed by atoms with Crippen molar-refractivity contribution in [2.45, 2.75) is 26.7 Å². The Morgan fingerprint density at radius 2 is 2.26 bits per heavy atom. The van der Waals surface area contributed by atoms with Crippen molar-refractivity contribution in [2.24, 2.45) is 0 Å². The quantitative estimate of drug-likeness (QED) is 0.552. The number of hydrogen-bond donors (Lipinski definition) is 0. The fraction of sp³-hybridized carbons (Fsp3) is 0.250. The Labute approximate surface area is 119 Å². The predicted molar refractivity (Wildman–Crippen MR) is 83.1 cm³/mol. The number of carbonyl (C=O) groups excluding carboxylic acids is 1. The first-order chi connectivity index (χ1) is 9.08. The zero-order valence-corrected chi connectivity index (χ0v) is 12.3. The molecule has 0 amide bonds. The molecule has 19 heavy (non-hydrogen) atoms. The molecule has 0 N–H and O–H groups in total. The van der Waals surface area contributed by atoms with E-state index in [1.54, 1.807) is 30.6 Å². The lowest BCUT2D eigenvalue weighted by atomic mass is 10.1. The summed E-state index contributed by atoms with van der Waals surface area (Å²) in [6.07, 6.45) is 6.69. The van der Waals surface area contributed by atoms with Crippen LogP contribution in [0.3, 0.4) is 0 Å². The van der Waals surface area contributed by atoms with E-state index in [1.165, 1.54) is 17.3 Å². The molecule has 0 aliphatic carbocycles. The van der Waals surface area contributed by atoms with Gasteiger partial charge in [0.25, 0.3) is 0 Å². The van der Waals surface area contributed by atoms with Crippen LogP contribution < -0.4 is 0 Å². The second-order valence-electron chi connectivity index (χ2n) is 4.29. The van der Waals surface area contributed by atoms with E-state index in [1.807, 2.05) is 6.92 Å². The summed E-state index contributed by atoms with van der Waals surface area (Å²) in [5, 5.41) is -0.00401. The van der Waals surface area contributed by atoms with Crippen LogP contribution >= 0.6 is 11.8 Å². The molecule has 0 aromatic carbocycles. The molecule has 0 atom stereocenters. The highest BCUT2D eigenvalue weighted by Crippen LogP contribution is 2.29. The van der Waals surface area contributed by atoms with Gasteiger partial charge in [-0.1, -0.05) is 37.3 Å². The Kier molecular flexibility index (Phi) is 6.30. The van der Waals surface area contributed by atoms with Gasteiger partial charge in [0.15, 0.2) is 0 Å². The van der Waals surface area contributed by atoms with E-state index in [-0.39, 0.29) is 5.12 Å². The van der Waals surface area contributed by atoms with Gasteiger partial charge in [-0.15, -0.1) is 0 Å². The SMILES string of the molecule is C=C/C(SC(=O)c1cccnc1)=C(\CC)CC(=C)C. The van der Waals surface area contributed by atoms with E-state index in [4.69, 9.17) is 0 Å². The Hall–Kier alpha value is -1.61. The van der Waals surface area contributed by atoms with Crippen molar-refractivity contribution in [1.82, 2.24) is 4.98 Å². The van der Waals surface area contributed by atoms with Crippen molar-refractivity contribution in [3.63, 3.8) is 0 Å². The minimum atomic E-state index is -0.00401. The Bertz CT molecular complexity index is 503. The summed E-state index contributed by atoms with van der Waals surface area (Å²) in [4.78, 5) is 17.0. The molecule has 1 rings (SSSR count). The predicted octanol–water partition coefficient (Wildman–Crippen LogP) is 4.77. The van der Waals surface area contributed by atoms with Crippen molar-refractivity contribution in [3.05, 3.63) is 65.4 Å². The number of allylic oxidation sites excluding steroid dienone is 3.